The van der Waals surface area contributed by atoms with Crippen LogP contribution in [0.4, 0.5) is 0 Å². The van der Waals surface area contributed by atoms with Gasteiger partial charge in [0, 0.05) is 18.5 Å². The molecule has 1 atom stereocenters. The molecule has 1 saturated carbocycles. The quantitative estimate of drug-likeness (QED) is 0.931. The van der Waals surface area contributed by atoms with Crippen LogP contribution in [0.2, 0.25) is 0 Å². The molecule has 2 aromatic rings. The van der Waals surface area contributed by atoms with Gasteiger partial charge in [0.25, 0.3) is 11.5 Å². The third kappa shape index (κ3) is 2.22. The number of rotatable bonds is 3. The molecule has 1 aliphatic carbocycles. The van der Waals surface area contributed by atoms with Gasteiger partial charge in [-0.3, -0.25) is 9.59 Å². The second-order valence-electron chi connectivity index (χ2n) is 5.59. The first-order valence-electron chi connectivity index (χ1n) is 6.97. The number of aromatic amines is 1. The third-order valence-corrected chi connectivity index (χ3v) is 4.22. The summed E-state index contributed by atoms with van der Waals surface area (Å²) in [7, 11) is 1.80. The molecule has 0 saturated heterocycles. The first-order chi connectivity index (χ1) is 9.58. The van der Waals surface area contributed by atoms with Crippen molar-refractivity contribution in [2.24, 2.45) is 5.92 Å². The van der Waals surface area contributed by atoms with Crippen molar-refractivity contribution in [3.8, 4) is 0 Å². The van der Waals surface area contributed by atoms with Crippen molar-refractivity contribution in [3.63, 3.8) is 0 Å². The number of nitrogens with one attached hydrogen (secondary N) is 1. The van der Waals surface area contributed by atoms with Gasteiger partial charge < -0.3 is 9.88 Å². The van der Waals surface area contributed by atoms with Gasteiger partial charge in [-0.1, -0.05) is 18.2 Å². The highest BCUT2D eigenvalue weighted by molar-refractivity contribution is 5.96. The molecule has 0 bridgehead atoms. The monoisotopic (exact) mass is 270 g/mol. The fraction of sp³-hybridized carbons (Fsp3) is 0.375. The maximum atomic E-state index is 12.5. The lowest BCUT2D eigenvalue weighted by atomic mass is 10.1. The van der Waals surface area contributed by atoms with Crippen molar-refractivity contribution >= 4 is 16.7 Å². The molecule has 4 heteroatoms. The molecule has 1 aliphatic rings. The van der Waals surface area contributed by atoms with Crippen LogP contribution in [0.3, 0.4) is 0 Å². The maximum Gasteiger partial charge on any atom is 0.270 e. The van der Waals surface area contributed by atoms with E-state index in [0.29, 0.717) is 17.0 Å². The van der Waals surface area contributed by atoms with Gasteiger partial charge in [0.1, 0.15) is 5.69 Å². The summed E-state index contributed by atoms with van der Waals surface area (Å²) in [5.41, 5.74) is 0.155. The Labute approximate surface area is 117 Å². The average molecular weight is 270 g/mol. The summed E-state index contributed by atoms with van der Waals surface area (Å²) >= 11 is 0. The molecule has 4 nitrogen and oxygen atoms in total. The van der Waals surface area contributed by atoms with E-state index in [1.54, 1.807) is 24.1 Å². The second kappa shape index (κ2) is 4.78. The second-order valence-corrected chi connectivity index (χ2v) is 5.59. The maximum absolute atomic E-state index is 12.5. The summed E-state index contributed by atoms with van der Waals surface area (Å²) in [6, 6.07) is 9.28. The summed E-state index contributed by atoms with van der Waals surface area (Å²) in [5.74, 6) is 0.489. The zero-order valence-electron chi connectivity index (χ0n) is 11.7. The minimum absolute atomic E-state index is 0.118. The average Bonchev–Trinajstić information content (AvgIpc) is 3.29. The molecule has 0 spiro atoms. The Morgan fingerprint density at radius 3 is 2.75 bits per heavy atom. The number of carbonyl (C=O) groups is 1. The molecule has 0 unspecified atom stereocenters. The number of benzene rings is 1. The van der Waals surface area contributed by atoms with Crippen LogP contribution in [0.15, 0.2) is 35.1 Å². The largest absolute Gasteiger partial charge is 0.337 e. The van der Waals surface area contributed by atoms with Crippen LogP contribution in [-0.4, -0.2) is 28.9 Å². The van der Waals surface area contributed by atoms with Gasteiger partial charge in [0.2, 0.25) is 0 Å². The summed E-state index contributed by atoms with van der Waals surface area (Å²) in [6.45, 7) is 2.06. The number of aromatic nitrogens is 1. The first-order valence-corrected chi connectivity index (χ1v) is 6.97. The van der Waals surface area contributed by atoms with Gasteiger partial charge in [-0.25, -0.2) is 0 Å². The minimum atomic E-state index is -0.209. The Morgan fingerprint density at radius 1 is 1.35 bits per heavy atom. The molecular formula is C16H18N2O2. The molecular weight excluding hydrogens is 252 g/mol. The molecule has 1 heterocycles. The third-order valence-electron chi connectivity index (χ3n) is 4.22. The molecule has 0 aliphatic heterocycles. The summed E-state index contributed by atoms with van der Waals surface area (Å²) < 4.78 is 0. The Morgan fingerprint density at radius 2 is 2.05 bits per heavy atom. The van der Waals surface area contributed by atoms with E-state index in [2.05, 4.69) is 11.9 Å². The number of hydrogen-bond donors (Lipinski definition) is 1. The van der Waals surface area contributed by atoms with Gasteiger partial charge in [-0.05, 0) is 43.2 Å². The normalized spacial score (nSPS) is 16.1. The number of H-pyrrole nitrogens is 1. The first kappa shape index (κ1) is 12.9. The van der Waals surface area contributed by atoms with Crippen LogP contribution >= 0.6 is 0 Å². The molecule has 1 fully saturated rings. The zero-order chi connectivity index (χ0) is 14.3. The Hall–Kier alpha value is -2.10. The van der Waals surface area contributed by atoms with Crippen molar-refractivity contribution in [1.29, 1.82) is 0 Å². The van der Waals surface area contributed by atoms with Crippen LogP contribution < -0.4 is 5.56 Å². The minimum Gasteiger partial charge on any atom is -0.337 e. The highest BCUT2D eigenvalue weighted by Gasteiger charge is 2.33. The lowest BCUT2D eigenvalue weighted by Gasteiger charge is -2.24. The molecule has 104 valence electrons. The van der Waals surface area contributed by atoms with E-state index in [1.165, 1.54) is 12.8 Å². The molecule has 20 heavy (non-hydrogen) atoms. The smallest absolute Gasteiger partial charge is 0.270 e. The summed E-state index contributed by atoms with van der Waals surface area (Å²) in [5, 5.41) is 1.41. The summed E-state index contributed by atoms with van der Waals surface area (Å²) in [6.07, 6.45) is 2.38. The van der Waals surface area contributed by atoms with Crippen LogP contribution in [-0.2, 0) is 0 Å². The number of hydrogen-bond acceptors (Lipinski definition) is 2. The lowest BCUT2D eigenvalue weighted by molar-refractivity contribution is 0.0721. The van der Waals surface area contributed by atoms with Crippen molar-refractivity contribution in [2.75, 3.05) is 7.05 Å². The van der Waals surface area contributed by atoms with E-state index in [0.717, 1.165) is 5.39 Å². The van der Waals surface area contributed by atoms with Gasteiger partial charge in [0.15, 0.2) is 0 Å². The Kier molecular flexibility index (Phi) is 3.08. The lowest BCUT2D eigenvalue weighted by Crippen LogP contribution is -2.37. The van der Waals surface area contributed by atoms with E-state index >= 15 is 0 Å². The molecule has 1 N–H and O–H groups in total. The number of fused-ring (bicyclic) bond motifs is 1. The van der Waals surface area contributed by atoms with Crippen molar-refractivity contribution < 1.29 is 4.79 Å². The van der Waals surface area contributed by atoms with Gasteiger partial charge in [0.05, 0.1) is 0 Å². The predicted octanol–water partition coefficient (Wildman–Crippen LogP) is 2.40. The molecule has 0 radical (unpaired) electrons. The van der Waals surface area contributed by atoms with E-state index < -0.39 is 0 Å². The fourth-order valence-corrected chi connectivity index (χ4v) is 2.60. The SMILES string of the molecule is C[C@H](C1CC1)N(C)C(=O)c1cc2ccccc2c(=O)[nH]1. The highest BCUT2D eigenvalue weighted by atomic mass is 16.2. The number of carbonyl (C=O) groups excluding carboxylic acids is 1. The number of pyridine rings is 1. The van der Waals surface area contributed by atoms with E-state index in [1.807, 2.05) is 18.2 Å². The Bertz CT molecular complexity index is 716. The van der Waals surface area contributed by atoms with Crippen LogP contribution in [0, 0.1) is 5.92 Å². The van der Waals surface area contributed by atoms with Gasteiger partial charge in [-0.2, -0.15) is 0 Å². The molecule has 1 aromatic carbocycles. The van der Waals surface area contributed by atoms with Crippen molar-refractivity contribution in [3.05, 3.63) is 46.4 Å². The van der Waals surface area contributed by atoms with Crippen LogP contribution in [0.25, 0.3) is 10.8 Å². The number of nitrogens with zero attached hydrogens (tertiary/aromatic N) is 1. The van der Waals surface area contributed by atoms with E-state index in [4.69, 9.17) is 0 Å². The Balaban J connectivity index is 1.97. The topological polar surface area (TPSA) is 53.2 Å². The van der Waals surface area contributed by atoms with Crippen LogP contribution in [0.5, 0.6) is 0 Å². The fourth-order valence-electron chi connectivity index (χ4n) is 2.60. The molecule has 1 amide bonds. The van der Waals surface area contributed by atoms with Gasteiger partial charge >= 0.3 is 0 Å². The van der Waals surface area contributed by atoms with Crippen molar-refractivity contribution in [2.45, 2.75) is 25.8 Å². The van der Waals surface area contributed by atoms with E-state index in [-0.39, 0.29) is 17.5 Å². The van der Waals surface area contributed by atoms with Crippen molar-refractivity contribution in [1.82, 2.24) is 9.88 Å². The number of amides is 1. The molecule has 3 rings (SSSR count). The predicted molar refractivity (Wildman–Crippen MR) is 78.8 cm³/mol. The zero-order valence-corrected chi connectivity index (χ0v) is 11.7. The van der Waals surface area contributed by atoms with Gasteiger partial charge in [-0.15, -0.1) is 0 Å². The molecule has 1 aromatic heterocycles. The highest BCUT2D eigenvalue weighted by Crippen LogP contribution is 2.35. The van der Waals surface area contributed by atoms with E-state index in [9.17, 15) is 9.59 Å². The summed E-state index contributed by atoms with van der Waals surface area (Å²) in [4.78, 5) is 28.9. The standard InChI is InChI=1S/C16H18N2O2/c1-10(11-7-8-11)18(2)16(20)14-9-12-5-3-4-6-13(12)15(19)17-14/h3-6,9-11H,7-8H2,1-2H3,(H,17,19)/t10-/m1/s1. The van der Waals surface area contributed by atoms with Crippen LogP contribution in [0.1, 0.15) is 30.3 Å².